The van der Waals surface area contributed by atoms with E-state index in [1.807, 2.05) is 18.2 Å². The molecule has 0 saturated carbocycles. The molecule has 1 aromatic carbocycles. The Morgan fingerprint density at radius 2 is 1.42 bits per heavy atom. The average molecular weight is 459 g/mol. The summed E-state index contributed by atoms with van der Waals surface area (Å²) in [7, 11) is 0. The van der Waals surface area contributed by atoms with Crippen LogP contribution in [0.4, 0.5) is 0 Å². The zero-order valence-corrected chi connectivity index (χ0v) is 21.1. The number of unbranched alkanes of at least 4 members (excludes halogenated alkanes) is 11. The molecule has 0 amide bonds. The molecule has 1 aromatic rings. The molecule has 1 fully saturated rings. The third kappa shape index (κ3) is 10.8. The molecule has 2 unspecified atom stereocenters. The van der Waals surface area contributed by atoms with E-state index in [1.165, 1.54) is 57.8 Å². The molecule has 0 aromatic heterocycles. The van der Waals surface area contributed by atoms with Crippen LogP contribution >= 0.6 is 0 Å². The van der Waals surface area contributed by atoms with E-state index >= 15 is 0 Å². The predicted octanol–water partition coefficient (Wildman–Crippen LogP) is 8.04. The van der Waals surface area contributed by atoms with Gasteiger partial charge in [0.2, 0.25) is 0 Å². The van der Waals surface area contributed by atoms with E-state index in [2.05, 4.69) is 13.8 Å². The highest BCUT2D eigenvalue weighted by Crippen LogP contribution is 2.32. The lowest BCUT2D eigenvalue weighted by molar-refractivity contribution is -0.188. The standard InChI is InChI=1S/C29H46O4/c1-3-5-7-9-10-11-12-13-17-21-25(32-28(30)24-19-15-14-16-20-24)23-27-26(29(31)33-27)22-18-8-6-4-2/h14-16,19-20,25-27H,3-13,17-18,21-23H2,1-2H3/t25-,26?,27?/m1/s1. The molecule has 2 rings (SSSR count). The van der Waals surface area contributed by atoms with Crippen LogP contribution in [0, 0.1) is 5.92 Å². The first-order chi connectivity index (χ1) is 16.2. The molecule has 0 spiro atoms. The van der Waals surface area contributed by atoms with Gasteiger partial charge in [0.05, 0.1) is 11.5 Å². The summed E-state index contributed by atoms with van der Waals surface area (Å²) in [5, 5.41) is 0. The summed E-state index contributed by atoms with van der Waals surface area (Å²) in [5.41, 5.74) is 0.580. The van der Waals surface area contributed by atoms with Crippen LogP contribution in [0.15, 0.2) is 30.3 Å². The van der Waals surface area contributed by atoms with Crippen molar-refractivity contribution in [2.45, 2.75) is 129 Å². The number of hydrogen-bond acceptors (Lipinski definition) is 4. The largest absolute Gasteiger partial charge is 0.461 e. The van der Waals surface area contributed by atoms with E-state index in [9.17, 15) is 9.59 Å². The van der Waals surface area contributed by atoms with Crippen molar-refractivity contribution in [3.05, 3.63) is 35.9 Å². The fraction of sp³-hybridized carbons (Fsp3) is 0.724. The normalized spacial score (nSPS) is 18.4. The summed E-state index contributed by atoms with van der Waals surface area (Å²) in [6, 6.07) is 9.18. The first-order valence-electron chi connectivity index (χ1n) is 13.6. The van der Waals surface area contributed by atoms with Gasteiger partial charge in [0.15, 0.2) is 0 Å². The fourth-order valence-corrected chi connectivity index (χ4v) is 4.67. The predicted molar refractivity (Wildman–Crippen MR) is 134 cm³/mol. The highest BCUT2D eigenvalue weighted by molar-refractivity contribution is 5.89. The monoisotopic (exact) mass is 458 g/mol. The molecule has 186 valence electrons. The first-order valence-corrected chi connectivity index (χ1v) is 13.6. The van der Waals surface area contributed by atoms with E-state index in [0.29, 0.717) is 12.0 Å². The average Bonchev–Trinajstić information content (AvgIpc) is 2.82. The Morgan fingerprint density at radius 1 is 0.848 bits per heavy atom. The lowest BCUT2D eigenvalue weighted by Crippen LogP contribution is -2.47. The second-order valence-corrected chi connectivity index (χ2v) is 9.68. The molecule has 0 N–H and O–H groups in total. The summed E-state index contributed by atoms with van der Waals surface area (Å²) >= 11 is 0. The second-order valence-electron chi connectivity index (χ2n) is 9.68. The van der Waals surface area contributed by atoms with Crippen LogP contribution in [0.5, 0.6) is 0 Å². The highest BCUT2D eigenvalue weighted by atomic mass is 16.6. The van der Waals surface area contributed by atoms with E-state index in [4.69, 9.17) is 9.47 Å². The van der Waals surface area contributed by atoms with Crippen molar-refractivity contribution in [3.8, 4) is 0 Å². The highest BCUT2D eigenvalue weighted by Gasteiger charge is 2.43. The van der Waals surface area contributed by atoms with Crippen LogP contribution in [-0.2, 0) is 14.3 Å². The topological polar surface area (TPSA) is 52.6 Å². The van der Waals surface area contributed by atoms with Crippen molar-refractivity contribution in [2.75, 3.05) is 0 Å². The van der Waals surface area contributed by atoms with Gasteiger partial charge >= 0.3 is 11.9 Å². The van der Waals surface area contributed by atoms with Gasteiger partial charge in [0.25, 0.3) is 0 Å². The Hall–Kier alpha value is -1.84. The molecule has 1 heterocycles. The molecule has 3 atom stereocenters. The third-order valence-electron chi connectivity index (χ3n) is 6.80. The molecular formula is C29H46O4. The molecular weight excluding hydrogens is 412 g/mol. The summed E-state index contributed by atoms with van der Waals surface area (Å²) in [5.74, 6) is -0.378. The molecule has 0 radical (unpaired) electrons. The number of hydrogen-bond donors (Lipinski definition) is 0. The van der Waals surface area contributed by atoms with Gasteiger partial charge in [-0.15, -0.1) is 0 Å². The second kappa shape index (κ2) is 16.7. The maximum absolute atomic E-state index is 12.7. The minimum Gasteiger partial charge on any atom is -0.461 e. The van der Waals surface area contributed by atoms with Gasteiger partial charge in [0.1, 0.15) is 12.2 Å². The number of cyclic esters (lactones) is 1. The maximum atomic E-state index is 12.7. The summed E-state index contributed by atoms with van der Waals surface area (Å²) < 4.78 is 11.4. The number of esters is 2. The van der Waals surface area contributed by atoms with Crippen LogP contribution in [0.3, 0.4) is 0 Å². The molecule has 1 aliphatic rings. The quantitative estimate of drug-likeness (QED) is 0.155. The Morgan fingerprint density at radius 3 is 2.03 bits per heavy atom. The minimum atomic E-state index is -0.276. The number of rotatable bonds is 19. The molecule has 4 nitrogen and oxygen atoms in total. The third-order valence-corrected chi connectivity index (χ3v) is 6.80. The van der Waals surface area contributed by atoms with Crippen molar-refractivity contribution in [1.29, 1.82) is 0 Å². The van der Waals surface area contributed by atoms with Crippen LogP contribution in [0.1, 0.15) is 127 Å². The van der Waals surface area contributed by atoms with Gasteiger partial charge in [-0.3, -0.25) is 4.79 Å². The zero-order chi connectivity index (χ0) is 23.7. The SMILES string of the molecule is CCCCCCCCCCC[C@H](CC1OC(=O)C1CCCCCC)OC(=O)c1ccccc1. The van der Waals surface area contributed by atoms with E-state index in [1.54, 1.807) is 12.1 Å². The number of carbonyl (C=O) groups is 2. The lowest BCUT2D eigenvalue weighted by Gasteiger charge is -2.37. The van der Waals surface area contributed by atoms with Crippen molar-refractivity contribution >= 4 is 11.9 Å². The van der Waals surface area contributed by atoms with Gasteiger partial charge < -0.3 is 9.47 Å². The molecule has 1 aliphatic heterocycles. The Labute approximate surface area is 201 Å². The van der Waals surface area contributed by atoms with Crippen LogP contribution < -0.4 is 0 Å². The van der Waals surface area contributed by atoms with Gasteiger partial charge in [-0.2, -0.15) is 0 Å². The molecule has 1 saturated heterocycles. The van der Waals surface area contributed by atoms with Crippen molar-refractivity contribution < 1.29 is 19.1 Å². The van der Waals surface area contributed by atoms with E-state index < -0.39 is 0 Å². The van der Waals surface area contributed by atoms with Gasteiger partial charge in [0, 0.05) is 6.42 Å². The molecule has 4 heteroatoms. The molecule has 33 heavy (non-hydrogen) atoms. The number of benzene rings is 1. The van der Waals surface area contributed by atoms with Crippen LogP contribution in [0.25, 0.3) is 0 Å². The smallest absolute Gasteiger partial charge is 0.338 e. The fourth-order valence-electron chi connectivity index (χ4n) is 4.67. The maximum Gasteiger partial charge on any atom is 0.338 e. The summed E-state index contributed by atoms with van der Waals surface area (Å²) in [6.07, 6.45) is 18.1. The van der Waals surface area contributed by atoms with Crippen molar-refractivity contribution in [2.24, 2.45) is 5.92 Å². The zero-order valence-electron chi connectivity index (χ0n) is 21.1. The van der Waals surface area contributed by atoms with Gasteiger partial charge in [-0.25, -0.2) is 4.79 Å². The molecule has 0 aliphatic carbocycles. The first kappa shape index (κ1) is 27.4. The molecule has 0 bridgehead atoms. The van der Waals surface area contributed by atoms with Gasteiger partial charge in [-0.05, 0) is 31.4 Å². The van der Waals surface area contributed by atoms with Crippen molar-refractivity contribution in [3.63, 3.8) is 0 Å². The Kier molecular flexibility index (Phi) is 13.9. The lowest BCUT2D eigenvalue weighted by atomic mass is 9.86. The van der Waals surface area contributed by atoms with Crippen LogP contribution in [0.2, 0.25) is 0 Å². The van der Waals surface area contributed by atoms with Crippen LogP contribution in [-0.4, -0.2) is 24.1 Å². The number of ether oxygens (including phenoxy) is 2. The number of carbonyl (C=O) groups excluding carboxylic acids is 2. The van der Waals surface area contributed by atoms with Crippen molar-refractivity contribution in [1.82, 2.24) is 0 Å². The Balaban J connectivity index is 1.79. The van der Waals surface area contributed by atoms with E-state index in [0.717, 1.165) is 38.5 Å². The van der Waals surface area contributed by atoms with E-state index in [-0.39, 0.29) is 30.1 Å². The van der Waals surface area contributed by atoms with Gasteiger partial charge in [-0.1, -0.05) is 109 Å². The summed E-state index contributed by atoms with van der Waals surface area (Å²) in [4.78, 5) is 24.7. The minimum absolute atomic E-state index is 0.0251. The Bertz CT molecular complexity index is 657. The summed E-state index contributed by atoms with van der Waals surface area (Å²) in [6.45, 7) is 4.44.